The Morgan fingerprint density at radius 1 is 1.12 bits per heavy atom. The maximum atomic E-state index is 14.0. The van der Waals surface area contributed by atoms with Gasteiger partial charge in [0.1, 0.15) is 23.8 Å². The highest BCUT2D eigenvalue weighted by Crippen LogP contribution is 2.32. The van der Waals surface area contributed by atoms with Crippen molar-refractivity contribution >= 4 is 17.8 Å². The molecule has 0 spiro atoms. The third-order valence-electron chi connectivity index (χ3n) is 7.36. The third kappa shape index (κ3) is 6.16. The molecule has 0 saturated carbocycles. The molecule has 1 aromatic carbocycles. The van der Waals surface area contributed by atoms with E-state index in [0.717, 1.165) is 5.69 Å². The van der Waals surface area contributed by atoms with Crippen LogP contribution >= 0.6 is 0 Å². The highest BCUT2D eigenvalue weighted by Gasteiger charge is 2.37. The second kappa shape index (κ2) is 12.4. The molecule has 2 N–H and O–H groups in total. The number of hydrogen-bond donors (Lipinski definition) is 2. The van der Waals surface area contributed by atoms with Crippen molar-refractivity contribution < 1.29 is 23.1 Å². The number of amides is 2. The summed E-state index contributed by atoms with van der Waals surface area (Å²) in [6.45, 7) is 3.65. The smallest absolute Gasteiger partial charge is 0.320 e. The molecule has 2 aliphatic heterocycles. The Hall–Kier alpha value is -4.53. The van der Waals surface area contributed by atoms with E-state index in [-0.39, 0.29) is 13.1 Å². The number of hydrogen-bond acceptors (Lipinski definition) is 9. The first-order valence-corrected chi connectivity index (χ1v) is 13.9. The minimum absolute atomic E-state index is 0.275. The van der Waals surface area contributed by atoms with Gasteiger partial charge in [-0.05, 0) is 36.8 Å². The summed E-state index contributed by atoms with van der Waals surface area (Å²) in [6.07, 6.45) is 3.16. The van der Waals surface area contributed by atoms with Crippen LogP contribution in [0.1, 0.15) is 17.2 Å². The summed E-state index contributed by atoms with van der Waals surface area (Å²) >= 11 is 0. The van der Waals surface area contributed by atoms with Crippen molar-refractivity contribution in [2.24, 2.45) is 0 Å². The number of nitrogens with one attached hydrogen (secondary N) is 2. The van der Waals surface area contributed by atoms with Gasteiger partial charge in [0, 0.05) is 49.9 Å². The Morgan fingerprint density at radius 3 is 2.58 bits per heavy atom. The number of para-hydroxylation sites is 1. The molecule has 12 nitrogen and oxygen atoms in total. The van der Waals surface area contributed by atoms with Crippen LogP contribution in [0.2, 0.25) is 0 Å². The largest absolute Gasteiger partial charge is 0.383 e. The first kappa shape index (κ1) is 28.6. The van der Waals surface area contributed by atoms with E-state index in [9.17, 15) is 13.6 Å². The van der Waals surface area contributed by atoms with Gasteiger partial charge < -0.3 is 15.0 Å². The molecule has 3 aromatic heterocycles. The molecule has 6 rings (SSSR count). The van der Waals surface area contributed by atoms with Crippen LogP contribution in [0.15, 0.2) is 61.1 Å². The molecule has 2 aliphatic rings. The standard InChI is InChI=1S/C29H31F2N9O3/c1-18-25(20-13-33-28(34-14-20)38-15-21(30)16-38)37-40(22-6-4-3-5-7-22)27(18)36-29(41)35-23-17-39(10-11-42-2)43-26(23)19-8-9-32-24(31)12-19/h3-9,12-14,21,23,26H,10-11,15-17H2,1-2H3,(H2,35,36,41)/t23-,26+/m1/s1. The van der Waals surface area contributed by atoms with E-state index in [1.54, 1.807) is 40.2 Å². The summed E-state index contributed by atoms with van der Waals surface area (Å²) < 4.78 is 34.1. The minimum atomic E-state index is -0.864. The van der Waals surface area contributed by atoms with E-state index < -0.39 is 30.3 Å². The number of ether oxygens (including phenoxy) is 1. The summed E-state index contributed by atoms with van der Waals surface area (Å²) in [7, 11) is 1.59. The lowest BCUT2D eigenvalue weighted by atomic mass is 10.0. The molecule has 2 amide bonds. The van der Waals surface area contributed by atoms with Gasteiger partial charge in [-0.25, -0.2) is 28.8 Å². The van der Waals surface area contributed by atoms with Crippen LogP contribution in [0.4, 0.5) is 25.3 Å². The second-order valence-electron chi connectivity index (χ2n) is 10.4. The zero-order valence-corrected chi connectivity index (χ0v) is 23.7. The number of alkyl halides is 1. The fraction of sp³-hybridized carbons (Fsp3) is 0.345. The fourth-order valence-corrected chi connectivity index (χ4v) is 5.12. The maximum absolute atomic E-state index is 14.0. The third-order valence-corrected chi connectivity index (χ3v) is 7.36. The number of carbonyl (C=O) groups excluding carboxylic acids is 1. The molecule has 0 aliphatic carbocycles. The molecule has 224 valence electrons. The van der Waals surface area contributed by atoms with Gasteiger partial charge in [0.15, 0.2) is 0 Å². The van der Waals surface area contributed by atoms with E-state index in [4.69, 9.17) is 14.7 Å². The van der Waals surface area contributed by atoms with Crippen LogP contribution in [-0.2, 0) is 9.57 Å². The van der Waals surface area contributed by atoms with Crippen molar-refractivity contribution in [2.75, 3.05) is 50.1 Å². The van der Waals surface area contributed by atoms with E-state index in [1.807, 2.05) is 37.3 Å². The van der Waals surface area contributed by atoms with Crippen molar-refractivity contribution in [1.82, 2.24) is 35.1 Å². The number of halogens is 2. The van der Waals surface area contributed by atoms with Gasteiger partial charge in [-0.15, -0.1) is 0 Å². The van der Waals surface area contributed by atoms with E-state index in [2.05, 4.69) is 25.6 Å². The summed E-state index contributed by atoms with van der Waals surface area (Å²) in [5, 5.41) is 12.4. The number of carbonyl (C=O) groups is 1. The molecular weight excluding hydrogens is 560 g/mol. The number of urea groups is 1. The Balaban J connectivity index is 1.25. The summed E-state index contributed by atoms with van der Waals surface area (Å²) in [5.74, 6) is 0.271. The van der Waals surface area contributed by atoms with Gasteiger partial charge in [0.2, 0.25) is 11.9 Å². The Kier molecular flexibility index (Phi) is 8.22. The van der Waals surface area contributed by atoms with Crippen molar-refractivity contribution in [3.8, 4) is 16.9 Å². The van der Waals surface area contributed by atoms with Gasteiger partial charge in [0.05, 0.1) is 31.4 Å². The fourth-order valence-electron chi connectivity index (χ4n) is 5.12. The molecule has 2 atom stereocenters. The molecule has 14 heteroatoms. The summed E-state index contributed by atoms with van der Waals surface area (Å²) in [4.78, 5) is 33.7. The van der Waals surface area contributed by atoms with Gasteiger partial charge in [-0.1, -0.05) is 18.2 Å². The molecule has 5 heterocycles. The van der Waals surface area contributed by atoms with Crippen molar-refractivity contribution in [2.45, 2.75) is 25.2 Å². The lowest BCUT2D eigenvalue weighted by molar-refractivity contribution is -0.154. The molecule has 0 unspecified atom stereocenters. The number of rotatable bonds is 9. The summed E-state index contributed by atoms with van der Waals surface area (Å²) in [6, 6.07) is 11.4. The Labute approximate surface area is 246 Å². The number of nitrogens with zero attached hydrogens (tertiary/aromatic N) is 7. The average Bonchev–Trinajstić information content (AvgIpc) is 3.55. The molecule has 2 saturated heterocycles. The molecule has 2 fully saturated rings. The quantitative estimate of drug-likeness (QED) is 0.282. The Bertz CT molecular complexity index is 1570. The van der Waals surface area contributed by atoms with Crippen LogP contribution in [-0.4, -0.2) is 87.9 Å². The average molecular weight is 592 g/mol. The van der Waals surface area contributed by atoms with Crippen LogP contribution in [0, 0.1) is 12.9 Å². The normalized spacial score (nSPS) is 18.9. The van der Waals surface area contributed by atoms with Crippen LogP contribution < -0.4 is 15.5 Å². The minimum Gasteiger partial charge on any atom is -0.383 e. The van der Waals surface area contributed by atoms with Crippen LogP contribution in [0.3, 0.4) is 0 Å². The SMILES string of the molecule is COCCN1C[C@@H](NC(=O)Nc2c(C)c(-c3cnc(N4CC(F)C4)nc3)nn2-c2ccccc2)[C@H](c2ccnc(F)c2)O1. The Morgan fingerprint density at radius 2 is 1.88 bits per heavy atom. The molecular formula is C29H31F2N9O3. The molecule has 0 radical (unpaired) electrons. The molecule has 4 aromatic rings. The monoisotopic (exact) mass is 591 g/mol. The zero-order valence-electron chi connectivity index (χ0n) is 23.7. The van der Waals surface area contributed by atoms with Crippen LogP contribution in [0.5, 0.6) is 0 Å². The van der Waals surface area contributed by atoms with E-state index in [0.29, 0.717) is 53.8 Å². The van der Waals surface area contributed by atoms with E-state index in [1.165, 1.54) is 12.3 Å². The van der Waals surface area contributed by atoms with Gasteiger partial charge in [-0.3, -0.25) is 10.2 Å². The first-order chi connectivity index (χ1) is 20.9. The maximum Gasteiger partial charge on any atom is 0.320 e. The molecule has 43 heavy (non-hydrogen) atoms. The van der Waals surface area contributed by atoms with Gasteiger partial charge in [0.25, 0.3) is 0 Å². The number of aromatic nitrogens is 5. The lowest BCUT2D eigenvalue weighted by Crippen LogP contribution is -2.49. The van der Waals surface area contributed by atoms with Crippen molar-refractivity contribution in [3.63, 3.8) is 0 Å². The van der Waals surface area contributed by atoms with E-state index >= 15 is 0 Å². The number of pyridine rings is 1. The lowest BCUT2D eigenvalue weighted by Gasteiger charge is -2.34. The van der Waals surface area contributed by atoms with Crippen LogP contribution in [0.25, 0.3) is 16.9 Å². The predicted octanol–water partition coefficient (Wildman–Crippen LogP) is 3.45. The highest BCUT2D eigenvalue weighted by atomic mass is 19.1. The van der Waals surface area contributed by atoms with Crippen molar-refractivity contribution in [3.05, 3.63) is 78.1 Å². The zero-order chi connectivity index (χ0) is 29.9. The second-order valence-corrected chi connectivity index (χ2v) is 10.4. The number of anilines is 2. The first-order valence-electron chi connectivity index (χ1n) is 13.9. The highest BCUT2D eigenvalue weighted by molar-refractivity contribution is 5.91. The number of hydroxylamine groups is 2. The predicted molar refractivity (Wildman–Crippen MR) is 154 cm³/mol. The van der Waals surface area contributed by atoms with Gasteiger partial charge >= 0.3 is 6.03 Å². The number of methoxy groups -OCH3 is 1. The van der Waals surface area contributed by atoms with Crippen molar-refractivity contribution in [1.29, 1.82) is 0 Å². The van der Waals surface area contributed by atoms with Gasteiger partial charge in [-0.2, -0.15) is 14.6 Å². The number of benzene rings is 1. The summed E-state index contributed by atoms with van der Waals surface area (Å²) in [5.41, 5.74) is 3.21. The molecule has 0 bridgehead atoms. The topological polar surface area (TPSA) is 123 Å².